The normalized spacial score (nSPS) is 15.1. The Bertz CT molecular complexity index is 1130. The Balaban J connectivity index is 1.84. The van der Waals surface area contributed by atoms with E-state index in [0.29, 0.717) is 16.1 Å². The van der Waals surface area contributed by atoms with Crippen LogP contribution in [0.4, 0.5) is 0 Å². The lowest BCUT2D eigenvalue weighted by Gasteiger charge is -2.21. The van der Waals surface area contributed by atoms with Gasteiger partial charge in [-0.25, -0.2) is 4.98 Å². The molecule has 0 aliphatic carbocycles. The number of nitrogens with zero attached hydrogens (tertiary/aromatic N) is 3. The molecule has 1 aliphatic heterocycles. The second-order valence-electron chi connectivity index (χ2n) is 7.63. The van der Waals surface area contributed by atoms with Crippen LogP contribution in [-0.4, -0.2) is 38.7 Å². The fourth-order valence-corrected chi connectivity index (χ4v) is 4.77. The summed E-state index contributed by atoms with van der Waals surface area (Å²) in [5.74, 6) is 0.113. The van der Waals surface area contributed by atoms with Crippen LogP contribution in [0.25, 0.3) is 16.6 Å². The van der Waals surface area contributed by atoms with Crippen molar-refractivity contribution < 1.29 is 4.79 Å². The molecule has 1 saturated heterocycles. The van der Waals surface area contributed by atoms with Crippen molar-refractivity contribution in [1.82, 2.24) is 14.5 Å². The van der Waals surface area contributed by atoms with Crippen molar-refractivity contribution in [3.05, 3.63) is 63.9 Å². The molecule has 2 heterocycles. The highest BCUT2D eigenvalue weighted by Crippen LogP contribution is 2.28. The van der Waals surface area contributed by atoms with E-state index < -0.39 is 0 Å². The second-order valence-corrected chi connectivity index (χ2v) is 8.94. The van der Waals surface area contributed by atoms with E-state index in [9.17, 15) is 9.59 Å². The van der Waals surface area contributed by atoms with Crippen LogP contribution in [0, 0.1) is 13.8 Å². The van der Waals surface area contributed by atoms with Gasteiger partial charge in [-0.05, 0) is 62.9 Å². The summed E-state index contributed by atoms with van der Waals surface area (Å²) in [4.78, 5) is 33.0. The largest absolute Gasteiger partial charge is 0.342 e. The lowest BCUT2D eigenvalue weighted by molar-refractivity contribution is -0.129. The van der Waals surface area contributed by atoms with Crippen molar-refractivity contribution in [2.24, 2.45) is 0 Å². The second kappa shape index (κ2) is 8.03. The summed E-state index contributed by atoms with van der Waals surface area (Å²) in [7, 11) is 0. The van der Waals surface area contributed by atoms with Gasteiger partial charge in [0.2, 0.25) is 5.91 Å². The van der Waals surface area contributed by atoms with Crippen LogP contribution in [0.1, 0.15) is 30.9 Å². The first kappa shape index (κ1) is 19.7. The monoisotopic (exact) mass is 407 g/mol. The van der Waals surface area contributed by atoms with Gasteiger partial charge in [-0.15, -0.1) is 0 Å². The van der Waals surface area contributed by atoms with Crippen molar-refractivity contribution in [1.29, 1.82) is 0 Å². The first-order valence-corrected chi connectivity index (χ1v) is 10.9. The Morgan fingerprint density at radius 1 is 1.10 bits per heavy atom. The highest BCUT2D eigenvalue weighted by molar-refractivity contribution is 8.00. The lowest BCUT2D eigenvalue weighted by atomic mass is 10.1. The number of likely N-dealkylation sites (tertiary alicyclic amines) is 1. The summed E-state index contributed by atoms with van der Waals surface area (Å²) in [6.45, 7) is 7.54. The number of aryl methyl sites for hydroxylation is 2. The number of para-hydroxylation sites is 1. The standard InChI is InChI=1S/C23H25N3O2S/c1-15-10-11-16(2)20(14-15)26-22(28)18-8-4-5-9-19(18)24-23(26)29-17(3)21(27)25-12-6-7-13-25/h4-5,8-11,14,17H,6-7,12-13H2,1-3H3. The van der Waals surface area contributed by atoms with Crippen molar-refractivity contribution in [3.63, 3.8) is 0 Å². The number of hydrogen-bond acceptors (Lipinski definition) is 4. The molecule has 1 atom stereocenters. The maximum atomic E-state index is 13.4. The molecule has 0 saturated carbocycles. The number of carbonyl (C=O) groups is 1. The third-order valence-corrected chi connectivity index (χ3v) is 6.44. The summed E-state index contributed by atoms with van der Waals surface area (Å²) in [5.41, 5.74) is 3.43. The maximum absolute atomic E-state index is 13.4. The zero-order valence-corrected chi connectivity index (χ0v) is 17.8. The smallest absolute Gasteiger partial charge is 0.266 e. The summed E-state index contributed by atoms with van der Waals surface area (Å²) in [6, 6.07) is 13.4. The molecule has 0 spiro atoms. The number of benzene rings is 2. The van der Waals surface area contributed by atoms with Gasteiger partial charge in [0.05, 0.1) is 21.8 Å². The van der Waals surface area contributed by atoms with E-state index in [2.05, 4.69) is 0 Å². The molecule has 1 aliphatic rings. The molecule has 0 radical (unpaired) electrons. The SMILES string of the molecule is Cc1ccc(C)c(-n2c(SC(C)C(=O)N3CCCC3)nc3ccccc3c2=O)c1. The predicted octanol–water partition coefficient (Wildman–Crippen LogP) is 4.11. The van der Waals surface area contributed by atoms with E-state index in [1.807, 2.05) is 62.1 Å². The molecule has 150 valence electrons. The number of hydrogen-bond donors (Lipinski definition) is 0. The van der Waals surface area contributed by atoms with E-state index >= 15 is 0 Å². The molecule has 1 aromatic heterocycles. The van der Waals surface area contributed by atoms with E-state index in [1.165, 1.54) is 11.8 Å². The minimum absolute atomic E-state index is 0.104. The molecule has 5 nitrogen and oxygen atoms in total. The van der Waals surface area contributed by atoms with Crippen molar-refractivity contribution in [3.8, 4) is 5.69 Å². The number of thioether (sulfide) groups is 1. The maximum Gasteiger partial charge on any atom is 0.266 e. The van der Waals surface area contributed by atoms with Gasteiger partial charge in [-0.2, -0.15) is 0 Å². The number of carbonyl (C=O) groups excluding carboxylic acids is 1. The molecule has 29 heavy (non-hydrogen) atoms. The van der Waals surface area contributed by atoms with Gasteiger partial charge in [0.15, 0.2) is 5.16 Å². The Hall–Kier alpha value is -2.60. The fraction of sp³-hybridized carbons (Fsp3) is 0.348. The molecule has 1 fully saturated rings. The molecule has 0 bridgehead atoms. The van der Waals surface area contributed by atoms with E-state index in [-0.39, 0.29) is 16.7 Å². The van der Waals surface area contributed by atoms with Gasteiger partial charge < -0.3 is 4.90 Å². The topological polar surface area (TPSA) is 55.2 Å². The summed E-state index contributed by atoms with van der Waals surface area (Å²) in [5, 5.41) is 0.830. The Morgan fingerprint density at radius 2 is 1.83 bits per heavy atom. The first-order valence-electron chi connectivity index (χ1n) is 10.0. The zero-order valence-electron chi connectivity index (χ0n) is 17.0. The van der Waals surface area contributed by atoms with Gasteiger partial charge >= 0.3 is 0 Å². The molecule has 4 rings (SSSR count). The summed E-state index contributed by atoms with van der Waals surface area (Å²) in [6.07, 6.45) is 2.12. The average molecular weight is 408 g/mol. The zero-order chi connectivity index (χ0) is 20.5. The van der Waals surface area contributed by atoms with E-state index in [0.717, 1.165) is 42.7 Å². The van der Waals surface area contributed by atoms with Gasteiger partial charge in [0.1, 0.15) is 0 Å². The van der Waals surface area contributed by atoms with Gasteiger partial charge in [-0.1, -0.05) is 36.0 Å². The van der Waals surface area contributed by atoms with Crippen molar-refractivity contribution >= 4 is 28.6 Å². The summed E-state index contributed by atoms with van der Waals surface area (Å²) < 4.78 is 1.67. The number of rotatable bonds is 4. The molecular formula is C23H25N3O2S. The highest BCUT2D eigenvalue weighted by atomic mass is 32.2. The van der Waals surface area contributed by atoms with Crippen LogP contribution >= 0.6 is 11.8 Å². The first-order chi connectivity index (χ1) is 14.0. The van der Waals surface area contributed by atoms with E-state index in [1.54, 1.807) is 10.6 Å². The molecule has 1 amide bonds. The van der Waals surface area contributed by atoms with Crippen LogP contribution in [0.15, 0.2) is 52.4 Å². The predicted molar refractivity (Wildman–Crippen MR) is 118 cm³/mol. The van der Waals surface area contributed by atoms with Gasteiger partial charge in [0, 0.05) is 13.1 Å². The van der Waals surface area contributed by atoms with E-state index in [4.69, 9.17) is 4.98 Å². The van der Waals surface area contributed by atoms with Crippen LogP contribution in [0.5, 0.6) is 0 Å². The minimum Gasteiger partial charge on any atom is -0.342 e. The minimum atomic E-state index is -0.308. The Morgan fingerprint density at radius 3 is 2.59 bits per heavy atom. The van der Waals surface area contributed by atoms with Crippen molar-refractivity contribution in [2.45, 2.75) is 44.0 Å². The fourth-order valence-electron chi connectivity index (χ4n) is 3.77. The van der Waals surface area contributed by atoms with Crippen molar-refractivity contribution in [2.75, 3.05) is 13.1 Å². The highest BCUT2D eigenvalue weighted by Gasteiger charge is 2.26. The molecule has 0 N–H and O–H groups in total. The van der Waals surface area contributed by atoms with Crippen LogP contribution in [0.2, 0.25) is 0 Å². The third-order valence-electron chi connectivity index (χ3n) is 5.40. The van der Waals surface area contributed by atoms with Crippen LogP contribution in [-0.2, 0) is 4.79 Å². The lowest BCUT2D eigenvalue weighted by Crippen LogP contribution is -2.34. The summed E-state index contributed by atoms with van der Waals surface area (Å²) >= 11 is 1.36. The number of fused-ring (bicyclic) bond motifs is 1. The Kier molecular flexibility index (Phi) is 5.46. The quantitative estimate of drug-likeness (QED) is 0.483. The van der Waals surface area contributed by atoms with Crippen LogP contribution < -0.4 is 5.56 Å². The third kappa shape index (κ3) is 3.81. The van der Waals surface area contributed by atoms with Gasteiger partial charge in [-0.3, -0.25) is 14.2 Å². The number of amides is 1. The molecule has 2 aromatic carbocycles. The Labute approximate surface area is 174 Å². The van der Waals surface area contributed by atoms with Gasteiger partial charge in [0.25, 0.3) is 5.56 Å². The molecule has 6 heteroatoms. The molecule has 3 aromatic rings. The molecule has 1 unspecified atom stereocenters. The van der Waals surface area contributed by atoms with Crippen LogP contribution in [0.3, 0.4) is 0 Å². The molecular weight excluding hydrogens is 382 g/mol. The average Bonchev–Trinajstić information content (AvgIpc) is 3.25. The number of aromatic nitrogens is 2.